The molecule has 1 rings (SSSR count). The summed E-state index contributed by atoms with van der Waals surface area (Å²) < 4.78 is 0. The summed E-state index contributed by atoms with van der Waals surface area (Å²) >= 11 is 0. The molecule has 0 saturated heterocycles. The first kappa shape index (κ1) is 12.0. The van der Waals surface area contributed by atoms with Crippen molar-refractivity contribution in [2.24, 2.45) is 29.6 Å². The average molecular weight is 198 g/mol. The Kier molecular flexibility index (Phi) is 4.43. The molecular formula is C13H26O. The molecule has 14 heavy (non-hydrogen) atoms. The zero-order valence-corrected chi connectivity index (χ0v) is 10.2. The Morgan fingerprint density at radius 3 is 2.14 bits per heavy atom. The molecule has 0 spiro atoms. The normalized spacial score (nSPS) is 34.1. The van der Waals surface area contributed by atoms with Gasteiger partial charge in [-0.05, 0) is 48.9 Å². The van der Waals surface area contributed by atoms with Crippen molar-refractivity contribution in [1.82, 2.24) is 0 Å². The molecule has 0 aromatic rings. The zero-order valence-electron chi connectivity index (χ0n) is 10.2. The lowest BCUT2D eigenvalue weighted by molar-refractivity contribution is 0.0650. The second-order valence-electron chi connectivity index (χ2n) is 5.67. The van der Waals surface area contributed by atoms with Gasteiger partial charge < -0.3 is 5.11 Å². The number of hydrogen-bond acceptors (Lipinski definition) is 1. The molecule has 0 aromatic carbocycles. The summed E-state index contributed by atoms with van der Waals surface area (Å²) in [5, 5.41) is 9.41. The fraction of sp³-hybridized carbons (Fsp3) is 1.00. The largest absolute Gasteiger partial charge is 0.396 e. The van der Waals surface area contributed by atoms with Crippen LogP contribution in [0.1, 0.15) is 47.0 Å². The highest BCUT2D eigenvalue weighted by atomic mass is 16.3. The topological polar surface area (TPSA) is 20.2 Å². The van der Waals surface area contributed by atoms with Crippen LogP contribution in [-0.4, -0.2) is 11.7 Å². The van der Waals surface area contributed by atoms with E-state index in [1.54, 1.807) is 0 Å². The van der Waals surface area contributed by atoms with Crippen LogP contribution in [0.15, 0.2) is 0 Å². The van der Waals surface area contributed by atoms with Gasteiger partial charge in [0.05, 0.1) is 0 Å². The van der Waals surface area contributed by atoms with Crippen molar-refractivity contribution < 1.29 is 5.11 Å². The van der Waals surface area contributed by atoms with Crippen LogP contribution in [0.5, 0.6) is 0 Å². The molecule has 1 saturated carbocycles. The summed E-state index contributed by atoms with van der Waals surface area (Å²) in [4.78, 5) is 0. The van der Waals surface area contributed by atoms with Gasteiger partial charge in [-0.25, -0.2) is 0 Å². The Balaban J connectivity index is 2.54. The second-order valence-corrected chi connectivity index (χ2v) is 5.67. The number of aliphatic hydroxyl groups excluding tert-OH is 1. The molecule has 3 unspecified atom stereocenters. The molecule has 0 bridgehead atoms. The number of hydrogen-bond donors (Lipinski definition) is 1. The van der Waals surface area contributed by atoms with Gasteiger partial charge in [-0.3, -0.25) is 0 Å². The van der Waals surface area contributed by atoms with E-state index in [9.17, 15) is 5.11 Å². The minimum atomic E-state index is 0.395. The van der Waals surface area contributed by atoms with E-state index in [0.29, 0.717) is 12.5 Å². The minimum absolute atomic E-state index is 0.395. The first-order valence-corrected chi connectivity index (χ1v) is 6.17. The van der Waals surface area contributed by atoms with E-state index in [0.717, 1.165) is 23.7 Å². The molecule has 0 heterocycles. The predicted octanol–water partition coefficient (Wildman–Crippen LogP) is 3.32. The Bertz CT molecular complexity index is 163. The molecule has 1 aliphatic carbocycles. The zero-order chi connectivity index (χ0) is 10.7. The van der Waals surface area contributed by atoms with Crippen LogP contribution in [0, 0.1) is 29.6 Å². The Labute approximate surface area is 88.9 Å². The van der Waals surface area contributed by atoms with Gasteiger partial charge in [0.25, 0.3) is 0 Å². The summed E-state index contributed by atoms with van der Waals surface area (Å²) in [6.07, 6.45) is 3.94. The van der Waals surface area contributed by atoms with Gasteiger partial charge in [0.2, 0.25) is 0 Å². The lowest BCUT2D eigenvalue weighted by Crippen LogP contribution is -2.32. The van der Waals surface area contributed by atoms with Crippen molar-refractivity contribution in [3.63, 3.8) is 0 Å². The van der Waals surface area contributed by atoms with E-state index >= 15 is 0 Å². The Morgan fingerprint density at radius 1 is 1.07 bits per heavy atom. The van der Waals surface area contributed by atoms with Gasteiger partial charge in [-0.2, -0.15) is 0 Å². The summed E-state index contributed by atoms with van der Waals surface area (Å²) in [6.45, 7) is 9.61. The molecule has 1 aliphatic rings. The average Bonchev–Trinajstić information content (AvgIpc) is 2.16. The highest BCUT2D eigenvalue weighted by Gasteiger charge is 2.32. The van der Waals surface area contributed by atoms with Gasteiger partial charge in [-0.15, -0.1) is 0 Å². The van der Waals surface area contributed by atoms with Gasteiger partial charge in [0.1, 0.15) is 0 Å². The van der Waals surface area contributed by atoms with Crippen molar-refractivity contribution in [2.75, 3.05) is 6.61 Å². The van der Waals surface area contributed by atoms with Crippen LogP contribution in [0.3, 0.4) is 0 Å². The minimum Gasteiger partial charge on any atom is -0.396 e. The van der Waals surface area contributed by atoms with E-state index in [2.05, 4.69) is 27.7 Å². The Hall–Kier alpha value is -0.0400. The van der Waals surface area contributed by atoms with Crippen LogP contribution in [0.4, 0.5) is 0 Å². The van der Waals surface area contributed by atoms with E-state index in [-0.39, 0.29) is 0 Å². The Morgan fingerprint density at radius 2 is 1.71 bits per heavy atom. The fourth-order valence-electron chi connectivity index (χ4n) is 3.02. The first-order chi connectivity index (χ1) is 6.56. The third-order valence-electron chi connectivity index (χ3n) is 4.12. The van der Waals surface area contributed by atoms with E-state index in [4.69, 9.17) is 0 Å². The van der Waals surface area contributed by atoms with E-state index in [1.165, 1.54) is 19.3 Å². The van der Waals surface area contributed by atoms with Gasteiger partial charge in [0.15, 0.2) is 0 Å². The molecule has 0 aliphatic heterocycles. The highest BCUT2D eigenvalue weighted by molar-refractivity contribution is 4.82. The molecule has 3 atom stereocenters. The molecular weight excluding hydrogens is 172 g/mol. The standard InChI is InChI=1S/C13H26O/c1-9(2)11-5-6-13(10(3)4)12(7-11)8-14/h9-14H,5-8H2,1-4H3. The van der Waals surface area contributed by atoms with Gasteiger partial charge >= 0.3 is 0 Å². The number of rotatable bonds is 3. The quantitative estimate of drug-likeness (QED) is 0.737. The SMILES string of the molecule is CC(C)C1CCC(C(C)C)C(CO)C1. The van der Waals surface area contributed by atoms with Crippen LogP contribution in [0.25, 0.3) is 0 Å². The molecule has 0 radical (unpaired) electrons. The van der Waals surface area contributed by atoms with Crippen molar-refractivity contribution in [3.8, 4) is 0 Å². The van der Waals surface area contributed by atoms with Crippen molar-refractivity contribution in [2.45, 2.75) is 47.0 Å². The number of aliphatic hydroxyl groups is 1. The lowest BCUT2D eigenvalue weighted by Gasteiger charge is -2.39. The third kappa shape index (κ3) is 2.73. The maximum Gasteiger partial charge on any atom is 0.0462 e. The van der Waals surface area contributed by atoms with Gasteiger partial charge in [-0.1, -0.05) is 27.7 Å². The fourth-order valence-corrected chi connectivity index (χ4v) is 3.02. The molecule has 1 N–H and O–H groups in total. The smallest absolute Gasteiger partial charge is 0.0462 e. The van der Waals surface area contributed by atoms with Gasteiger partial charge in [0, 0.05) is 6.61 Å². The second kappa shape index (κ2) is 5.16. The monoisotopic (exact) mass is 198 g/mol. The van der Waals surface area contributed by atoms with Crippen molar-refractivity contribution >= 4 is 0 Å². The maximum atomic E-state index is 9.41. The molecule has 0 aromatic heterocycles. The summed E-state index contributed by atoms with van der Waals surface area (Å²) in [6, 6.07) is 0. The van der Waals surface area contributed by atoms with Crippen LogP contribution in [-0.2, 0) is 0 Å². The van der Waals surface area contributed by atoms with Crippen molar-refractivity contribution in [3.05, 3.63) is 0 Å². The third-order valence-corrected chi connectivity index (χ3v) is 4.12. The summed E-state index contributed by atoms with van der Waals surface area (Å²) in [7, 11) is 0. The van der Waals surface area contributed by atoms with Crippen LogP contribution in [0.2, 0.25) is 0 Å². The van der Waals surface area contributed by atoms with E-state index in [1.807, 2.05) is 0 Å². The molecule has 84 valence electrons. The maximum absolute atomic E-state index is 9.41. The molecule has 1 nitrogen and oxygen atoms in total. The molecule has 0 amide bonds. The summed E-state index contributed by atoms with van der Waals surface area (Å²) in [5.41, 5.74) is 0. The molecule has 1 fully saturated rings. The van der Waals surface area contributed by atoms with Crippen LogP contribution < -0.4 is 0 Å². The highest BCUT2D eigenvalue weighted by Crippen LogP contribution is 2.40. The van der Waals surface area contributed by atoms with Crippen LogP contribution >= 0.6 is 0 Å². The first-order valence-electron chi connectivity index (χ1n) is 6.17. The summed E-state index contributed by atoms with van der Waals surface area (Å²) in [5.74, 6) is 3.70. The van der Waals surface area contributed by atoms with Crippen molar-refractivity contribution in [1.29, 1.82) is 0 Å². The lowest BCUT2D eigenvalue weighted by atomic mass is 9.67. The molecule has 1 heteroatoms. The predicted molar refractivity (Wildman–Crippen MR) is 61.1 cm³/mol. The van der Waals surface area contributed by atoms with E-state index < -0.39 is 0 Å².